The molecular weight excluding hydrogens is 326 g/mol. The topological polar surface area (TPSA) is 38.3 Å². The third kappa shape index (κ3) is 4.15. The van der Waals surface area contributed by atoms with E-state index in [-0.39, 0.29) is 17.6 Å². The van der Waals surface area contributed by atoms with Crippen molar-refractivity contribution in [1.29, 1.82) is 0 Å². The van der Waals surface area contributed by atoms with Crippen LogP contribution in [0.1, 0.15) is 30.6 Å². The maximum absolute atomic E-state index is 12.1. The van der Waals surface area contributed by atoms with Crippen LogP contribution in [0, 0.1) is 0 Å². The summed E-state index contributed by atoms with van der Waals surface area (Å²) in [6.07, 6.45) is 4.33. The van der Waals surface area contributed by atoms with Crippen molar-refractivity contribution >= 4 is 40.6 Å². The predicted octanol–water partition coefficient (Wildman–Crippen LogP) is 3.51. The first kappa shape index (κ1) is 15.7. The average Bonchev–Trinajstić information content (AvgIpc) is 3.06. The summed E-state index contributed by atoms with van der Waals surface area (Å²) in [7, 11) is 0. The summed E-state index contributed by atoms with van der Waals surface area (Å²) in [5.74, 6) is 2.40. The highest BCUT2D eigenvalue weighted by atomic mass is 35.5. The monoisotopic (exact) mass is 345 g/mol. The van der Waals surface area contributed by atoms with E-state index in [9.17, 15) is 4.79 Å². The minimum absolute atomic E-state index is 0.0299. The van der Waals surface area contributed by atoms with Gasteiger partial charge in [0.2, 0.25) is 5.91 Å². The number of aryl methyl sites for hydroxylation is 1. The van der Waals surface area contributed by atoms with Crippen molar-refractivity contribution in [3.63, 3.8) is 0 Å². The molecule has 1 aromatic heterocycles. The number of rotatable bonds is 4. The van der Waals surface area contributed by atoms with Crippen LogP contribution in [0.3, 0.4) is 0 Å². The highest BCUT2D eigenvalue weighted by Crippen LogP contribution is 2.38. The molecule has 2 fully saturated rings. The van der Waals surface area contributed by atoms with E-state index in [4.69, 9.17) is 16.3 Å². The quantitative estimate of drug-likeness (QED) is 0.907. The second kappa shape index (κ2) is 6.90. The Bertz CT molecular complexity index is 500. The maximum atomic E-state index is 12.1. The molecule has 1 N–H and O–H groups in total. The van der Waals surface area contributed by atoms with Crippen LogP contribution in [0.4, 0.5) is 0 Å². The first-order valence-electron chi connectivity index (χ1n) is 7.41. The Hall–Kier alpha value is -0.230. The second-order valence-corrected chi connectivity index (χ2v) is 8.70. The Morgan fingerprint density at radius 3 is 3.14 bits per heavy atom. The van der Waals surface area contributed by atoms with Crippen LogP contribution in [-0.4, -0.2) is 35.7 Å². The molecule has 0 aliphatic carbocycles. The Labute approximate surface area is 138 Å². The number of amides is 1. The minimum Gasteiger partial charge on any atom is -0.374 e. The third-order valence-electron chi connectivity index (χ3n) is 4.15. The van der Waals surface area contributed by atoms with Crippen LogP contribution < -0.4 is 5.32 Å². The van der Waals surface area contributed by atoms with Crippen molar-refractivity contribution in [3.05, 3.63) is 21.3 Å². The minimum atomic E-state index is 0.0299. The number of thioether (sulfide) groups is 1. The molecule has 21 heavy (non-hydrogen) atoms. The molecule has 3 heterocycles. The smallest absolute Gasteiger partial charge is 0.220 e. The first-order chi connectivity index (χ1) is 10.2. The number of thiophene rings is 1. The highest BCUT2D eigenvalue weighted by molar-refractivity contribution is 7.99. The molecule has 3 nitrogen and oxygen atoms in total. The van der Waals surface area contributed by atoms with Crippen molar-refractivity contribution in [2.45, 2.75) is 43.7 Å². The zero-order valence-electron chi connectivity index (χ0n) is 11.9. The second-order valence-electron chi connectivity index (χ2n) is 5.80. The zero-order valence-corrected chi connectivity index (χ0v) is 14.3. The lowest BCUT2D eigenvalue weighted by Gasteiger charge is -2.38. The van der Waals surface area contributed by atoms with Gasteiger partial charge in [-0.2, -0.15) is 11.8 Å². The van der Waals surface area contributed by atoms with E-state index in [0.29, 0.717) is 6.42 Å². The van der Waals surface area contributed by atoms with Gasteiger partial charge in [0, 0.05) is 29.7 Å². The first-order valence-corrected chi connectivity index (χ1v) is 9.75. The van der Waals surface area contributed by atoms with Crippen molar-refractivity contribution in [2.75, 3.05) is 18.1 Å². The molecule has 116 valence electrons. The van der Waals surface area contributed by atoms with E-state index in [0.717, 1.165) is 42.4 Å². The predicted molar refractivity (Wildman–Crippen MR) is 89.4 cm³/mol. The lowest BCUT2D eigenvalue weighted by atomic mass is 9.90. The zero-order chi connectivity index (χ0) is 14.7. The average molecular weight is 346 g/mol. The number of ether oxygens (including phenoxy) is 1. The Morgan fingerprint density at radius 1 is 1.52 bits per heavy atom. The fourth-order valence-corrected chi connectivity index (χ4v) is 5.50. The van der Waals surface area contributed by atoms with Gasteiger partial charge in [-0.05, 0) is 43.6 Å². The summed E-state index contributed by atoms with van der Waals surface area (Å²) in [5.41, 5.74) is 0.0299. The van der Waals surface area contributed by atoms with E-state index in [1.54, 1.807) is 11.3 Å². The van der Waals surface area contributed by atoms with Crippen LogP contribution in [0.2, 0.25) is 4.34 Å². The van der Waals surface area contributed by atoms with Gasteiger partial charge in [0.25, 0.3) is 0 Å². The maximum Gasteiger partial charge on any atom is 0.220 e. The summed E-state index contributed by atoms with van der Waals surface area (Å²) < 4.78 is 6.77. The van der Waals surface area contributed by atoms with Gasteiger partial charge in [0.1, 0.15) is 0 Å². The number of hydrogen-bond acceptors (Lipinski definition) is 4. The van der Waals surface area contributed by atoms with E-state index in [2.05, 4.69) is 5.32 Å². The van der Waals surface area contributed by atoms with Crippen LogP contribution in [-0.2, 0) is 16.0 Å². The number of carbonyl (C=O) groups is 1. The molecule has 1 spiro atoms. The van der Waals surface area contributed by atoms with Crippen molar-refractivity contribution in [3.8, 4) is 0 Å². The lowest BCUT2D eigenvalue weighted by Crippen LogP contribution is -2.48. The molecule has 2 atom stereocenters. The molecule has 1 aromatic rings. The van der Waals surface area contributed by atoms with Crippen molar-refractivity contribution in [2.24, 2.45) is 0 Å². The summed E-state index contributed by atoms with van der Waals surface area (Å²) in [6, 6.07) is 4.16. The third-order valence-corrected chi connectivity index (χ3v) is 6.67. The summed E-state index contributed by atoms with van der Waals surface area (Å²) >= 11 is 9.42. The molecule has 0 radical (unpaired) electrons. The van der Waals surface area contributed by atoms with Gasteiger partial charge in [-0.3, -0.25) is 4.79 Å². The molecule has 0 aromatic carbocycles. The van der Waals surface area contributed by atoms with Gasteiger partial charge < -0.3 is 10.1 Å². The van der Waals surface area contributed by atoms with Gasteiger partial charge in [0.05, 0.1) is 9.94 Å². The van der Waals surface area contributed by atoms with E-state index in [1.165, 1.54) is 10.6 Å². The molecule has 2 saturated heterocycles. The van der Waals surface area contributed by atoms with Gasteiger partial charge in [-0.15, -0.1) is 11.3 Å². The fraction of sp³-hybridized carbons (Fsp3) is 0.667. The Kier molecular flexibility index (Phi) is 5.15. The molecule has 0 unspecified atom stereocenters. The molecule has 1 amide bonds. The normalized spacial score (nSPS) is 28.9. The van der Waals surface area contributed by atoms with Gasteiger partial charge in [0.15, 0.2) is 0 Å². The fourth-order valence-electron chi connectivity index (χ4n) is 3.04. The van der Waals surface area contributed by atoms with E-state index < -0.39 is 0 Å². The lowest BCUT2D eigenvalue weighted by molar-refractivity contribution is -0.124. The standard InChI is InChI=1S/C15H20ClNO2S2/c16-13-3-1-12(21-13)2-4-14(18)17-11-5-7-19-15(9-11)6-8-20-10-15/h1,3,11H,2,4-10H2,(H,17,18)/t11-,15-/m0/s1. The largest absolute Gasteiger partial charge is 0.374 e. The van der Waals surface area contributed by atoms with Crippen molar-refractivity contribution < 1.29 is 9.53 Å². The van der Waals surface area contributed by atoms with Crippen LogP contribution in [0.25, 0.3) is 0 Å². The van der Waals surface area contributed by atoms with E-state index in [1.807, 2.05) is 23.9 Å². The van der Waals surface area contributed by atoms with Gasteiger partial charge >= 0.3 is 0 Å². The SMILES string of the molecule is O=C(CCc1ccc(Cl)s1)N[C@H]1CCO[C@@]2(CCSC2)C1. The van der Waals surface area contributed by atoms with Crippen LogP contribution in [0.5, 0.6) is 0 Å². The summed E-state index contributed by atoms with van der Waals surface area (Å²) in [4.78, 5) is 13.3. The molecule has 2 aliphatic rings. The van der Waals surface area contributed by atoms with Crippen LogP contribution >= 0.6 is 34.7 Å². The number of halogens is 1. The molecule has 3 rings (SSSR count). The summed E-state index contributed by atoms with van der Waals surface area (Å²) in [6.45, 7) is 0.770. The van der Waals surface area contributed by atoms with Crippen LogP contribution in [0.15, 0.2) is 12.1 Å². The number of hydrogen-bond donors (Lipinski definition) is 1. The molecule has 0 saturated carbocycles. The van der Waals surface area contributed by atoms with Gasteiger partial charge in [-0.25, -0.2) is 0 Å². The number of carbonyl (C=O) groups excluding carboxylic acids is 1. The number of nitrogens with one attached hydrogen (secondary N) is 1. The van der Waals surface area contributed by atoms with Gasteiger partial charge in [-0.1, -0.05) is 11.6 Å². The Balaban J connectivity index is 1.46. The Morgan fingerprint density at radius 2 is 2.43 bits per heavy atom. The summed E-state index contributed by atoms with van der Waals surface area (Å²) in [5, 5.41) is 3.19. The molecule has 6 heteroatoms. The molecule has 2 aliphatic heterocycles. The molecular formula is C15H20ClNO2S2. The highest BCUT2D eigenvalue weighted by Gasteiger charge is 2.40. The van der Waals surface area contributed by atoms with Crippen molar-refractivity contribution in [1.82, 2.24) is 5.32 Å². The van der Waals surface area contributed by atoms with E-state index >= 15 is 0 Å². The molecule has 0 bridgehead atoms.